The van der Waals surface area contributed by atoms with Crippen molar-refractivity contribution >= 4 is 11.9 Å². The summed E-state index contributed by atoms with van der Waals surface area (Å²) < 4.78 is 22.1. The normalized spacial score (nSPS) is 21.0. The lowest BCUT2D eigenvalue weighted by molar-refractivity contribution is -0.305. The van der Waals surface area contributed by atoms with E-state index in [1.807, 2.05) is 0 Å². The molecule has 10 nitrogen and oxygen atoms in total. The number of aliphatic hydroxyl groups is 4. The van der Waals surface area contributed by atoms with Gasteiger partial charge in [0, 0.05) is 12.8 Å². The van der Waals surface area contributed by atoms with Crippen molar-refractivity contribution in [3.05, 3.63) is 36.5 Å². The summed E-state index contributed by atoms with van der Waals surface area (Å²) in [5.41, 5.74) is 0. The highest BCUT2D eigenvalue weighted by Gasteiger charge is 2.44. The van der Waals surface area contributed by atoms with Crippen LogP contribution >= 0.6 is 0 Å². The maximum Gasteiger partial charge on any atom is 0.306 e. The number of ether oxygens (including phenoxy) is 4. The molecule has 0 amide bonds. The average molecular weight is 767 g/mol. The molecule has 2 unspecified atom stereocenters. The van der Waals surface area contributed by atoms with E-state index in [4.69, 9.17) is 18.9 Å². The maximum absolute atomic E-state index is 12.7. The van der Waals surface area contributed by atoms with Crippen LogP contribution in [0.25, 0.3) is 0 Å². The Morgan fingerprint density at radius 3 is 1.61 bits per heavy atom. The molecule has 1 rings (SSSR count). The summed E-state index contributed by atoms with van der Waals surface area (Å²) in [6.45, 7) is 3.34. The van der Waals surface area contributed by atoms with Gasteiger partial charge < -0.3 is 39.4 Å². The zero-order chi connectivity index (χ0) is 39.5. The number of rotatable bonds is 35. The number of unbranched alkanes of at least 4 members (excludes halogenated alkanes) is 18. The lowest BCUT2D eigenvalue weighted by atomic mass is 9.99. The summed E-state index contributed by atoms with van der Waals surface area (Å²) in [7, 11) is 0. The average Bonchev–Trinajstić information content (AvgIpc) is 3.17. The highest BCUT2D eigenvalue weighted by Crippen LogP contribution is 2.22. The third-order valence-corrected chi connectivity index (χ3v) is 9.75. The largest absolute Gasteiger partial charge is 0.462 e. The first kappa shape index (κ1) is 49.9. The number of hydrogen-bond donors (Lipinski definition) is 4. The van der Waals surface area contributed by atoms with Gasteiger partial charge >= 0.3 is 11.9 Å². The van der Waals surface area contributed by atoms with Crippen molar-refractivity contribution in [2.75, 3.05) is 19.8 Å². The second kappa shape index (κ2) is 35.3. The molecule has 0 bridgehead atoms. The molecule has 0 aromatic heterocycles. The van der Waals surface area contributed by atoms with Crippen LogP contribution in [-0.4, -0.2) is 89.0 Å². The lowest BCUT2D eigenvalue weighted by Gasteiger charge is -2.39. The highest BCUT2D eigenvalue weighted by molar-refractivity contribution is 5.70. The van der Waals surface area contributed by atoms with E-state index >= 15 is 0 Å². The molecule has 0 aromatic carbocycles. The summed E-state index contributed by atoms with van der Waals surface area (Å²) in [5.74, 6) is -0.833. The van der Waals surface area contributed by atoms with E-state index in [-0.39, 0.29) is 32.0 Å². The van der Waals surface area contributed by atoms with Crippen molar-refractivity contribution in [1.82, 2.24) is 0 Å². The van der Waals surface area contributed by atoms with Crippen molar-refractivity contribution in [3.63, 3.8) is 0 Å². The number of hydrogen-bond acceptors (Lipinski definition) is 10. The Kier molecular flexibility index (Phi) is 32.7. The molecule has 0 spiro atoms. The molecule has 0 saturated carbocycles. The van der Waals surface area contributed by atoms with Gasteiger partial charge in [0.1, 0.15) is 31.0 Å². The summed E-state index contributed by atoms with van der Waals surface area (Å²) in [4.78, 5) is 25.3. The first-order chi connectivity index (χ1) is 26.3. The van der Waals surface area contributed by atoms with Crippen LogP contribution in [0.2, 0.25) is 0 Å². The third kappa shape index (κ3) is 26.7. The van der Waals surface area contributed by atoms with Gasteiger partial charge in [0.05, 0.1) is 13.2 Å². The Hall–Kier alpha value is -2.08. The zero-order valence-electron chi connectivity index (χ0n) is 34.0. The van der Waals surface area contributed by atoms with Gasteiger partial charge in [-0.3, -0.25) is 9.59 Å². The van der Waals surface area contributed by atoms with Crippen molar-refractivity contribution in [2.45, 2.75) is 211 Å². The van der Waals surface area contributed by atoms with Crippen molar-refractivity contribution in [2.24, 2.45) is 0 Å². The van der Waals surface area contributed by atoms with Gasteiger partial charge in [-0.05, 0) is 64.2 Å². The Balaban J connectivity index is 2.37. The zero-order valence-corrected chi connectivity index (χ0v) is 34.0. The molecule has 314 valence electrons. The number of carbonyl (C=O) groups is 2. The minimum Gasteiger partial charge on any atom is -0.462 e. The molecule has 1 saturated heterocycles. The molecule has 54 heavy (non-hydrogen) atoms. The predicted molar refractivity (Wildman–Crippen MR) is 215 cm³/mol. The minimum absolute atomic E-state index is 0.212. The Morgan fingerprint density at radius 2 is 1.06 bits per heavy atom. The fraction of sp³-hybridized carbons (Fsp3) is 0.818. The Morgan fingerprint density at radius 1 is 0.574 bits per heavy atom. The molecule has 0 radical (unpaired) electrons. The quantitative estimate of drug-likeness (QED) is 0.0280. The van der Waals surface area contributed by atoms with Gasteiger partial charge in [-0.2, -0.15) is 0 Å². The summed E-state index contributed by atoms with van der Waals surface area (Å²) in [5, 5.41) is 40.0. The highest BCUT2D eigenvalue weighted by atomic mass is 16.7. The van der Waals surface area contributed by atoms with E-state index in [0.717, 1.165) is 77.0 Å². The fourth-order valence-electron chi connectivity index (χ4n) is 6.26. The molecule has 0 aromatic rings. The SMILES string of the molecule is CCCC/C=C/C/C=C/CCCCCCCC(=O)O[C@@H](COC(=O)CCCCCCC/C=C/CCCCCCCC)CO[C@H]1O[C@@H](CO)[C@@H](O)C(O)C1O. The summed E-state index contributed by atoms with van der Waals surface area (Å²) in [6, 6.07) is 0. The van der Waals surface area contributed by atoms with Crippen LogP contribution in [-0.2, 0) is 28.5 Å². The summed E-state index contributed by atoms with van der Waals surface area (Å²) >= 11 is 0. The Bertz CT molecular complexity index is 980. The lowest BCUT2D eigenvalue weighted by Crippen LogP contribution is -2.59. The van der Waals surface area contributed by atoms with Crippen molar-refractivity contribution in [3.8, 4) is 0 Å². The number of carbonyl (C=O) groups excluding carboxylic acids is 2. The second-order valence-electron chi connectivity index (χ2n) is 14.8. The van der Waals surface area contributed by atoms with Crippen LogP contribution in [0.3, 0.4) is 0 Å². The first-order valence-corrected chi connectivity index (χ1v) is 21.6. The van der Waals surface area contributed by atoms with E-state index in [1.165, 1.54) is 57.8 Å². The van der Waals surface area contributed by atoms with Crippen LogP contribution in [0, 0.1) is 0 Å². The topological polar surface area (TPSA) is 152 Å². The standard InChI is InChI=1S/C44H78O10/c1-3-5-7-9-11-13-15-17-19-21-22-24-26-28-30-32-39(46)51-35-37(36-52-44-43(50)42(49)41(48)38(34-45)54-44)53-40(47)33-31-29-27-25-23-20-18-16-14-12-10-8-6-4-2/h10,12,16-19,37-38,41-45,48-50H,3-9,11,13-15,20-36H2,1-2H3/b12-10+,18-16+,19-17+/t37-,38-,41+,42?,43?,44-/m0/s1. The molecule has 1 heterocycles. The van der Waals surface area contributed by atoms with Gasteiger partial charge in [-0.15, -0.1) is 0 Å². The number of esters is 2. The molecule has 4 N–H and O–H groups in total. The fourth-order valence-corrected chi connectivity index (χ4v) is 6.26. The van der Waals surface area contributed by atoms with Gasteiger partial charge in [-0.25, -0.2) is 0 Å². The van der Waals surface area contributed by atoms with E-state index in [1.54, 1.807) is 0 Å². The van der Waals surface area contributed by atoms with Crippen LogP contribution in [0.15, 0.2) is 36.5 Å². The van der Waals surface area contributed by atoms with Crippen LogP contribution in [0.4, 0.5) is 0 Å². The number of allylic oxidation sites excluding steroid dienone is 6. The molecule has 10 heteroatoms. The van der Waals surface area contributed by atoms with Crippen LogP contribution < -0.4 is 0 Å². The van der Waals surface area contributed by atoms with Gasteiger partial charge in [0.15, 0.2) is 12.4 Å². The molecule has 0 aliphatic carbocycles. The second-order valence-corrected chi connectivity index (χ2v) is 14.8. The van der Waals surface area contributed by atoms with E-state index in [0.29, 0.717) is 12.8 Å². The molecule has 6 atom stereocenters. The molecule has 1 fully saturated rings. The van der Waals surface area contributed by atoms with Gasteiger partial charge in [0.2, 0.25) is 0 Å². The van der Waals surface area contributed by atoms with E-state index < -0.39 is 49.4 Å². The maximum atomic E-state index is 12.7. The predicted octanol–water partition coefficient (Wildman–Crippen LogP) is 8.72. The molecule has 1 aliphatic heterocycles. The summed E-state index contributed by atoms with van der Waals surface area (Å²) in [6.07, 6.45) is 31.5. The smallest absolute Gasteiger partial charge is 0.306 e. The molecule has 1 aliphatic rings. The van der Waals surface area contributed by atoms with E-state index in [9.17, 15) is 30.0 Å². The van der Waals surface area contributed by atoms with Crippen molar-refractivity contribution in [1.29, 1.82) is 0 Å². The van der Waals surface area contributed by atoms with Crippen LogP contribution in [0.1, 0.15) is 174 Å². The van der Waals surface area contributed by atoms with Gasteiger partial charge in [-0.1, -0.05) is 134 Å². The Labute approximate surface area is 327 Å². The van der Waals surface area contributed by atoms with Crippen molar-refractivity contribution < 1.29 is 49.0 Å². The molecular weight excluding hydrogens is 688 g/mol. The number of aliphatic hydroxyl groups excluding tert-OH is 4. The first-order valence-electron chi connectivity index (χ1n) is 21.6. The van der Waals surface area contributed by atoms with Gasteiger partial charge in [0.25, 0.3) is 0 Å². The van der Waals surface area contributed by atoms with E-state index in [2.05, 4.69) is 50.3 Å². The minimum atomic E-state index is -1.60. The monoisotopic (exact) mass is 767 g/mol. The third-order valence-electron chi connectivity index (χ3n) is 9.75. The molecular formula is C44H78O10. The van der Waals surface area contributed by atoms with Crippen LogP contribution in [0.5, 0.6) is 0 Å².